The van der Waals surface area contributed by atoms with Crippen molar-refractivity contribution in [3.8, 4) is 11.5 Å². The molecule has 2 N–H and O–H groups in total. The van der Waals surface area contributed by atoms with Gasteiger partial charge in [-0.1, -0.05) is 59.2 Å². The minimum absolute atomic E-state index is 0.114. The van der Waals surface area contributed by atoms with Crippen LogP contribution < -0.4 is 0 Å². The van der Waals surface area contributed by atoms with Crippen LogP contribution in [0.3, 0.4) is 0 Å². The Hall–Kier alpha value is -2.48. The van der Waals surface area contributed by atoms with Gasteiger partial charge >= 0.3 is 0 Å². The van der Waals surface area contributed by atoms with Crippen LogP contribution in [0.1, 0.15) is 64.0 Å². The molecule has 0 saturated heterocycles. The van der Waals surface area contributed by atoms with E-state index in [1.807, 2.05) is 24.3 Å². The van der Waals surface area contributed by atoms with E-state index in [4.69, 9.17) is 0 Å². The highest BCUT2D eigenvalue weighted by Gasteiger charge is 2.28. The summed E-state index contributed by atoms with van der Waals surface area (Å²) in [6, 6.07) is 7.56. The van der Waals surface area contributed by atoms with E-state index in [1.165, 1.54) is 16.7 Å². The van der Waals surface area contributed by atoms with Crippen molar-refractivity contribution in [1.82, 2.24) is 0 Å². The van der Waals surface area contributed by atoms with E-state index in [9.17, 15) is 10.2 Å². The molecule has 1 atom stereocenters. The summed E-state index contributed by atoms with van der Waals surface area (Å²) >= 11 is 0. The number of fused-ring (bicyclic) bond motifs is 2. The van der Waals surface area contributed by atoms with E-state index in [2.05, 4.69) is 45.9 Å². The second kappa shape index (κ2) is 8.04. The van der Waals surface area contributed by atoms with Crippen LogP contribution in [0.5, 0.6) is 11.5 Å². The van der Waals surface area contributed by atoms with Crippen molar-refractivity contribution in [2.75, 3.05) is 0 Å². The molecule has 142 valence electrons. The lowest BCUT2D eigenvalue weighted by Crippen LogP contribution is -2.10. The lowest BCUT2D eigenvalue weighted by Gasteiger charge is -2.27. The maximum absolute atomic E-state index is 11.0. The molecular weight excluding hydrogens is 332 g/mol. The fraction of sp³-hybridized carbons (Fsp3) is 0.360. The Morgan fingerprint density at radius 2 is 1.70 bits per heavy atom. The van der Waals surface area contributed by atoms with Gasteiger partial charge in [-0.05, 0) is 53.4 Å². The first-order chi connectivity index (χ1) is 12.9. The number of benzene rings is 2. The van der Waals surface area contributed by atoms with Crippen molar-refractivity contribution in [2.24, 2.45) is 0 Å². The van der Waals surface area contributed by atoms with Gasteiger partial charge in [0.15, 0.2) is 0 Å². The average molecular weight is 363 g/mol. The van der Waals surface area contributed by atoms with Crippen molar-refractivity contribution in [3.63, 3.8) is 0 Å². The third kappa shape index (κ3) is 3.95. The van der Waals surface area contributed by atoms with Crippen molar-refractivity contribution >= 4 is 10.8 Å². The topological polar surface area (TPSA) is 40.5 Å². The van der Waals surface area contributed by atoms with Crippen LogP contribution in [0.25, 0.3) is 10.8 Å². The predicted molar refractivity (Wildman–Crippen MR) is 115 cm³/mol. The second-order valence-corrected chi connectivity index (χ2v) is 7.95. The van der Waals surface area contributed by atoms with Crippen LogP contribution >= 0.6 is 0 Å². The Morgan fingerprint density at radius 3 is 2.37 bits per heavy atom. The van der Waals surface area contributed by atoms with E-state index < -0.39 is 0 Å². The van der Waals surface area contributed by atoms with Gasteiger partial charge in [-0.25, -0.2) is 0 Å². The van der Waals surface area contributed by atoms with Gasteiger partial charge in [0.05, 0.1) is 0 Å². The Balaban J connectivity index is 1.95. The highest BCUT2D eigenvalue weighted by Crippen LogP contribution is 2.48. The van der Waals surface area contributed by atoms with Gasteiger partial charge in [0.1, 0.15) is 11.5 Å². The monoisotopic (exact) mass is 362 g/mol. The molecule has 2 nitrogen and oxygen atoms in total. The number of phenolic OH excluding ortho intramolecular Hbond substituents is 2. The van der Waals surface area contributed by atoms with Crippen LogP contribution in [0.15, 0.2) is 59.2 Å². The number of phenols is 2. The maximum Gasteiger partial charge on any atom is 0.127 e. The van der Waals surface area contributed by atoms with E-state index in [0.29, 0.717) is 17.9 Å². The van der Waals surface area contributed by atoms with E-state index >= 15 is 0 Å². The first-order valence-electron chi connectivity index (χ1n) is 9.81. The van der Waals surface area contributed by atoms with Gasteiger partial charge in [0, 0.05) is 27.8 Å². The van der Waals surface area contributed by atoms with Crippen LogP contribution in [0.2, 0.25) is 0 Å². The zero-order valence-electron chi connectivity index (χ0n) is 16.8. The number of hydrogen-bond donors (Lipinski definition) is 2. The molecule has 2 aromatic carbocycles. The van der Waals surface area contributed by atoms with Crippen LogP contribution in [0.4, 0.5) is 0 Å². The summed E-state index contributed by atoms with van der Waals surface area (Å²) in [5.41, 5.74) is 5.77. The summed E-state index contributed by atoms with van der Waals surface area (Å²) in [7, 11) is 0. The molecule has 1 unspecified atom stereocenters. The lowest BCUT2D eigenvalue weighted by molar-refractivity contribution is 0.453. The van der Waals surface area contributed by atoms with E-state index in [0.717, 1.165) is 41.2 Å². The second-order valence-electron chi connectivity index (χ2n) is 7.95. The molecule has 1 aliphatic carbocycles. The van der Waals surface area contributed by atoms with Crippen LogP contribution in [-0.2, 0) is 6.42 Å². The van der Waals surface area contributed by atoms with Gasteiger partial charge in [-0.2, -0.15) is 0 Å². The predicted octanol–water partition coefficient (Wildman–Crippen LogP) is 6.92. The molecule has 0 aliphatic heterocycles. The zero-order chi connectivity index (χ0) is 19.6. The van der Waals surface area contributed by atoms with Gasteiger partial charge in [-0.15, -0.1) is 0 Å². The van der Waals surface area contributed by atoms with Gasteiger partial charge < -0.3 is 10.2 Å². The number of allylic oxidation sites excluding steroid dienone is 6. The van der Waals surface area contributed by atoms with Gasteiger partial charge in [-0.3, -0.25) is 0 Å². The number of rotatable bonds is 5. The summed E-state index contributed by atoms with van der Waals surface area (Å²) < 4.78 is 0. The smallest absolute Gasteiger partial charge is 0.127 e. The van der Waals surface area contributed by atoms with Crippen molar-refractivity contribution in [2.45, 2.75) is 59.3 Å². The molecule has 0 aromatic heterocycles. The van der Waals surface area contributed by atoms with Gasteiger partial charge in [0.2, 0.25) is 0 Å². The normalized spacial score (nSPS) is 16.8. The average Bonchev–Trinajstić information content (AvgIpc) is 2.64. The Labute approximate surface area is 162 Å². The van der Waals surface area contributed by atoms with Crippen molar-refractivity contribution in [3.05, 3.63) is 70.3 Å². The summed E-state index contributed by atoms with van der Waals surface area (Å²) in [4.78, 5) is 0. The van der Waals surface area contributed by atoms with E-state index in [-0.39, 0.29) is 5.92 Å². The number of aromatic hydroxyl groups is 2. The van der Waals surface area contributed by atoms with Crippen molar-refractivity contribution in [1.29, 1.82) is 0 Å². The number of hydrogen-bond acceptors (Lipinski definition) is 2. The molecular formula is C25H30O2. The SMILES string of the molecule is CC(C)=CCC/C(C)=C/CC1C(C)=CCc2c1c(O)c1ccccc1c2O. The zero-order valence-corrected chi connectivity index (χ0v) is 16.8. The highest BCUT2D eigenvalue weighted by atomic mass is 16.3. The van der Waals surface area contributed by atoms with Crippen molar-refractivity contribution < 1.29 is 10.2 Å². The quantitative estimate of drug-likeness (QED) is 0.447. The molecule has 2 heteroatoms. The molecule has 27 heavy (non-hydrogen) atoms. The first kappa shape index (κ1) is 19.3. The Bertz CT molecular complexity index is 940. The van der Waals surface area contributed by atoms with Gasteiger partial charge in [0.25, 0.3) is 0 Å². The molecule has 0 bridgehead atoms. The summed E-state index contributed by atoms with van der Waals surface area (Å²) in [6.45, 7) is 8.57. The highest BCUT2D eigenvalue weighted by molar-refractivity contribution is 5.96. The lowest BCUT2D eigenvalue weighted by atomic mass is 9.78. The standard InChI is InChI=1S/C25H30O2/c1-16(2)8-7-9-17(3)12-14-19-18(4)13-15-22-23(19)25(27)21-11-6-5-10-20(21)24(22)26/h5-6,8,10-13,19,26-27H,7,9,14-15H2,1-4H3/b17-12+. The first-order valence-corrected chi connectivity index (χ1v) is 9.81. The molecule has 1 aliphatic rings. The minimum atomic E-state index is 0.114. The largest absolute Gasteiger partial charge is 0.507 e. The molecule has 0 heterocycles. The fourth-order valence-electron chi connectivity index (χ4n) is 4.00. The molecule has 0 amide bonds. The molecule has 0 saturated carbocycles. The molecule has 0 spiro atoms. The van der Waals surface area contributed by atoms with Crippen LogP contribution in [0, 0.1) is 0 Å². The fourth-order valence-corrected chi connectivity index (χ4v) is 4.00. The Kier molecular flexibility index (Phi) is 5.74. The third-order valence-electron chi connectivity index (χ3n) is 5.62. The maximum atomic E-state index is 11.0. The van der Waals surface area contributed by atoms with E-state index in [1.54, 1.807) is 0 Å². The Morgan fingerprint density at radius 1 is 1.04 bits per heavy atom. The summed E-state index contributed by atoms with van der Waals surface area (Å²) in [6.07, 6.45) is 10.4. The van der Waals surface area contributed by atoms with Crippen LogP contribution in [-0.4, -0.2) is 10.2 Å². The molecule has 2 aromatic rings. The summed E-state index contributed by atoms with van der Waals surface area (Å²) in [5, 5.41) is 23.3. The third-order valence-corrected chi connectivity index (χ3v) is 5.62. The minimum Gasteiger partial charge on any atom is -0.507 e. The summed E-state index contributed by atoms with van der Waals surface area (Å²) in [5.74, 6) is 0.755. The molecule has 0 radical (unpaired) electrons. The molecule has 0 fully saturated rings. The molecule has 3 rings (SSSR count).